The van der Waals surface area contributed by atoms with Crippen LogP contribution in [-0.2, 0) is 4.79 Å². The van der Waals surface area contributed by atoms with Crippen LogP contribution in [0.4, 0.5) is 5.69 Å². The Hall–Kier alpha value is -3.25. The Morgan fingerprint density at radius 1 is 0.969 bits per heavy atom. The maximum Gasteiger partial charge on any atom is 0.262 e. The van der Waals surface area contributed by atoms with Crippen LogP contribution in [0.5, 0.6) is 0 Å². The van der Waals surface area contributed by atoms with Crippen LogP contribution in [0.25, 0.3) is 21.5 Å². The first-order valence-electron chi connectivity index (χ1n) is 11.2. The Morgan fingerprint density at radius 2 is 1.69 bits per heavy atom. The number of unbranched alkanes of at least 4 members (excludes halogenated alkanes) is 2. The third-order valence-electron chi connectivity index (χ3n) is 5.99. The highest BCUT2D eigenvalue weighted by molar-refractivity contribution is 6.32. The van der Waals surface area contributed by atoms with E-state index < -0.39 is 0 Å². The smallest absolute Gasteiger partial charge is 0.262 e. The number of fused-ring (bicyclic) bond motifs is 2. The van der Waals surface area contributed by atoms with Gasteiger partial charge in [-0.25, -0.2) is 0 Å². The normalized spacial score (nSPS) is 13.4. The second-order valence-corrected chi connectivity index (χ2v) is 8.63. The highest BCUT2D eigenvalue weighted by Crippen LogP contribution is 2.38. The van der Waals surface area contributed by atoms with Crippen LogP contribution in [0.15, 0.2) is 42.5 Å². The number of hydrogen-bond donors (Lipinski definition) is 1. The van der Waals surface area contributed by atoms with Crippen LogP contribution in [0, 0.1) is 0 Å². The van der Waals surface area contributed by atoms with Gasteiger partial charge in [0.15, 0.2) is 0 Å². The minimum absolute atomic E-state index is 0.0599. The lowest BCUT2D eigenvalue weighted by Gasteiger charge is -2.29. The molecule has 1 aliphatic rings. The van der Waals surface area contributed by atoms with Crippen LogP contribution in [0.2, 0.25) is 0 Å². The van der Waals surface area contributed by atoms with E-state index in [1.165, 1.54) is 4.90 Å². The maximum absolute atomic E-state index is 13.7. The van der Waals surface area contributed by atoms with Gasteiger partial charge in [0.05, 0.1) is 5.56 Å². The Bertz CT molecular complexity index is 1220. The molecule has 3 aromatic carbocycles. The first-order chi connectivity index (χ1) is 15.4. The lowest BCUT2D eigenvalue weighted by molar-refractivity contribution is -0.116. The summed E-state index contributed by atoms with van der Waals surface area (Å²) in [5, 5.41) is 6.11. The molecule has 0 saturated heterocycles. The highest BCUT2D eigenvalue weighted by atomic mass is 16.2. The molecule has 166 valence electrons. The molecule has 1 heterocycles. The Balaban J connectivity index is 1.87. The van der Waals surface area contributed by atoms with E-state index in [9.17, 15) is 14.4 Å². The van der Waals surface area contributed by atoms with Crippen molar-refractivity contribution in [3.8, 4) is 0 Å². The molecule has 0 fully saturated rings. The summed E-state index contributed by atoms with van der Waals surface area (Å²) in [7, 11) is 3.82. The van der Waals surface area contributed by atoms with E-state index in [0.29, 0.717) is 47.1 Å². The standard InChI is InChI=1S/C26H29N3O3/c1-4-5-6-13-21(30)27-20-12-8-10-18-16-17-9-7-11-19-22(17)24(23(18)20)26(32)29(25(19)31)15-14-28(2)3/h7-12,16H,4-6,13-15H2,1-3H3,(H,27,30). The van der Waals surface area contributed by atoms with Crippen LogP contribution in [-0.4, -0.2) is 54.7 Å². The number of nitrogens with zero attached hydrogens (tertiary/aromatic N) is 2. The van der Waals surface area contributed by atoms with Crippen LogP contribution < -0.4 is 5.32 Å². The van der Waals surface area contributed by atoms with Gasteiger partial charge in [0.25, 0.3) is 11.8 Å². The molecule has 3 amide bonds. The number of rotatable bonds is 8. The summed E-state index contributed by atoms with van der Waals surface area (Å²) in [6.45, 7) is 2.99. The predicted molar refractivity (Wildman–Crippen MR) is 128 cm³/mol. The SMILES string of the molecule is CCCCCC(=O)Nc1cccc2cc3cccc4c3c(c12)C(=O)N(CCN(C)C)C4=O. The fourth-order valence-electron chi connectivity index (χ4n) is 4.35. The molecular formula is C26H29N3O3. The molecule has 0 aromatic heterocycles. The molecule has 0 atom stereocenters. The zero-order valence-corrected chi connectivity index (χ0v) is 18.9. The number of benzene rings is 3. The molecule has 0 unspecified atom stereocenters. The van der Waals surface area contributed by atoms with Crippen molar-refractivity contribution in [2.45, 2.75) is 32.6 Å². The molecule has 0 radical (unpaired) electrons. The zero-order chi connectivity index (χ0) is 22.8. The second kappa shape index (κ2) is 9.09. The van der Waals surface area contributed by atoms with E-state index in [1.807, 2.05) is 55.4 Å². The molecule has 6 nitrogen and oxygen atoms in total. The first kappa shape index (κ1) is 22.0. The van der Waals surface area contributed by atoms with Gasteiger partial charge in [0.2, 0.25) is 5.91 Å². The van der Waals surface area contributed by atoms with Gasteiger partial charge < -0.3 is 10.2 Å². The van der Waals surface area contributed by atoms with Crippen molar-refractivity contribution in [3.63, 3.8) is 0 Å². The van der Waals surface area contributed by atoms with Gasteiger partial charge in [-0.15, -0.1) is 0 Å². The number of amides is 3. The van der Waals surface area contributed by atoms with Gasteiger partial charge in [-0.3, -0.25) is 19.3 Å². The quantitative estimate of drug-likeness (QED) is 0.320. The Kier molecular flexibility index (Phi) is 6.24. The third kappa shape index (κ3) is 3.98. The van der Waals surface area contributed by atoms with Gasteiger partial charge in [-0.1, -0.05) is 44.0 Å². The minimum Gasteiger partial charge on any atom is -0.325 e. The number of imide groups is 1. The van der Waals surface area contributed by atoms with E-state index in [0.717, 1.165) is 30.0 Å². The van der Waals surface area contributed by atoms with Gasteiger partial charge >= 0.3 is 0 Å². The van der Waals surface area contributed by atoms with E-state index in [2.05, 4.69) is 12.2 Å². The molecular weight excluding hydrogens is 402 g/mol. The molecule has 0 spiro atoms. The largest absolute Gasteiger partial charge is 0.325 e. The van der Waals surface area contributed by atoms with Crippen LogP contribution in [0.1, 0.15) is 53.3 Å². The van der Waals surface area contributed by atoms with Gasteiger partial charge in [-0.05, 0) is 49.5 Å². The molecule has 0 bridgehead atoms. The summed E-state index contributed by atoms with van der Waals surface area (Å²) >= 11 is 0. The molecule has 1 N–H and O–H groups in total. The third-order valence-corrected chi connectivity index (χ3v) is 5.99. The lowest BCUT2D eigenvalue weighted by atomic mass is 9.89. The fourth-order valence-corrected chi connectivity index (χ4v) is 4.35. The summed E-state index contributed by atoms with van der Waals surface area (Å²) in [6, 6.07) is 13.2. The van der Waals surface area contributed by atoms with Crippen molar-refractivity contribution >= 4 is 45.0 Å². The number of carbonyl (C=O) groups excluding carboxylic acids is 3. The van der Waals surface area contributed by atoms with Crippen LogP contribution in [0.3, 0.4) is 0 Å². The van der Waals surface area contributed by atoms with Gasteiger partial charge in [-0.2, -0.15) is 0 Å². The molecule has 6 heteroatoms. The maximum atomic E-state index is 13.7. The van der Waals surface area contributed by atoms with Gasteiger partial charge in [0.1, 0.15) is 0 Å². The fraction of sp³-hybridized carbons (Fsp3) is 0.346. The molecule has 1 aliphatic heterocycles. The second-order valence-electron chi connectivity index (χ2n) is 8.63. The number of likely N-dealkylation sites (N-methyl/N-ethyl adjacent to an activating group) is 1. The van der Waals surface area contributed by atoms with E-state index >= 15 is 0 Å². The van der Waals surface area contributed by atoms with Crippen molar-refractivity contribution in [2.75, 3.05) is 32.5 Å². The lowest BCUT2D eigenvalue weighted by Crippen LogP contribution is -2.43. The monoisotopic (exact) mass is 431 g/mol. The van der Waals surface area contributed by atoms with Crippen molar-refractivity contribution in [1.29, 1.82) is 0 Å². The van der Waals surface area contributed by atoms with E-state index in [4.69, 9.17) is 0 Å². The first-order valence-corrected chi connectivity index (χ1v) is 11.2. The number of nitrogens with one attached hydrogen (secondary N) is 1. The Morgan fingerprint density at radius 3 is 2.41 bits per heavy atom. The van der Waals surface area contributed by atoms with E-state index in [1.54, 1.807) is 6.07 Å². The molecule has 0 saturated carbocycles. The summed E-state index contributed by atoms with van der Waals surface area (Å²) in [5.74, 6) is -0.635. The number of carbonyl (C=O) groups is 3. The molecule has 3 aromatic rings. The summed E-state index contributed by atoms with van der Waals surface area (Å²) in [4.78, 5) is 42.7. The number of anilines is 1. The Labute approximate surface area is 188 Å². The highest BCUT2D eigenvalue weighted by Gasteiger charge is 2.34. The minimum atomic E-state index is -0.307. The summed E-state index contributed by atoms with van der Waals surface area (Å²) in [6.07, 6.45) is 3.33. The molecule has 0 aliphatic carbocycles. The molecule has 32 heavy (non-hydrogen) atoms. The molecule has 4 rings (SSSR count). The van der Waals surface area contributed by atoms with Gasteiger partial charge in [0, 0.05) is 41.5 Å². The van der Waals surface area contributed by atoms with Crippen molar-refractivity contribution in [2.24, 2.45) is 0 Å². The van der Waals surface area contributed by atoms with E-state index in [-0.39, 0.29) is 17.7 Å². The van der Waals surface area contributed by atoms with Crippen molar-refractivity contribution in [3.05, 3.63) is 53.6 Å². The zero-order valence-electron chi connectivity index (χ0n) is 18.9. The van der Waals surface area contributed by atoms with Crippen molar-refractivity contribution < 1.29 is 14.4 Å². The number of hydrogen-bond acceptors (Lipinski definition) is 4. The summed E-state index contributed by atoms with van der Waals surface area (Å²) < 4.78 is 0. The predicted octanol–water partition coefficient (Wildman–Crippen LogP) is 4.67. The summed E-state index contributed by atoms with van der Waals surface area (Å²) in [5.41, 5.74) is 1.64. The topological polar surface area (TPSA) is 69.7 Å². The average molecular weight is 432 g/mol. The van der Waals surface area contributed by atoms with Crippen LogP contribution >= 0.6 is 0 Å². The average Bonchev–Trinajstić information content (AvgIpc) is 2.76. The van der Waals surface area contributed by atoms with Crippen molar-refractivity contribution in [1.82, 2.24) is 9.80 Å².